The highest BCUT2D eigenvalue weighted by Gasteiger charge is 2.12. The number of aromatic nitrogens is 3. The third kappa shape index (κ3) is 5.10. The van der Waals surface area contributed by atoms with Crippen LogP contribution in [-0.4, -0.2) is 33.0 Å². The van der Waals surface area contributed by atoms with E-state index < -0.39 is 0 Å². The molecular formula is C17H24N4OS. The molecule has 2 aromatic rings. The summed E-state index contributed by atoms with van der Waals surface area (Å²) in [5.41, 5.74) is 2.24. The van der Waals surface area contributed by atoms with Crippen LogP contribution >= 0.6 is 11.8 Å². The van der Waals surface area contributed by atoms with E-state index in [2.05, 4.69) is 41.5 Å². The second-order valence-electron chi connectivity index (χ2n) is 5.58. The lowest BCUT2D eigenvalue weighted by Gasteiger charge is -2.05. The van der Waals surface area contributed by atoms with Crippen molar-refractivity contribution in [3.8, 4) is 11.4 Å². The molecule has 124 valence electrons. The highest BCUT2D eigenvalue weighted by Crippen LogP contribution is 2.22. The molecule has 1 N–H and O–H groups in total. The van der Waals surface area contributed by atoms with Gasteiger partial charge in [0.15, 0.2) is 11.0 Å². The van der Waals surface area contributed by atoms with E-state index in [1.165, 1.54) is 17.3 Å². The van der Waals surface area contributed by atoms with Gasteiger partial charge in [-0.25, -0.2) is 0 Å². The average Bonchev–Trinajstić information content (AvgIpc) is 2.91. The molecule has 6 heteroatoms. The molecule has 1 amide bonds. The number of hydrogen-bond acceptors (Lipinski definition) is 4. The Morgan fingerprint density at radius 1 is 1.22 bits per heavy atom. The minimum Gasteiger partial charge on any atom is -0.355 e. The van der Waals surface area contributed by atoms with Crippen LogP contribution < -0.4 is 5.32 Å². The third-order valence-corrected chi connectivity index (χ3v) is 4.60. The Bertz CT molecular complexity index is 637. The highest BCUT2D eigenvalue weighted by atomic mass is 32.2. The van der Waals surface area contributed by atoms with Crippen LogP contribution in [0.15, 0.2) is 29.4 Å². The molecule has 0 aliphatic carbocycles. The number of carbonyl (C=O) groups excluding carboxylic acids is 1. The van der Waals surface area contributed by atoms with Crippen LogP contribution in [0.5, 0.6) is 0 Å². The molecule has 0 unspecified atom stereocenters. The van der Waals surface area contributed by atoms with Gasteiger partial charge in [-0.05, 0) is 13.3 Å². The summed E-state index contributed by atoms with van der Waals surface area (Å²) < 4.78 is 1.93. The number of benzene rings is 1. The number of amides is 1. The molecule has 0 atom stereocenters. The summed E-state index contributed by atoms with van der Waals surface area (Å²) in [5.74, 6) is 1.23. The minimum atomic E-state index is 0.0472. The van der Waals surface area contributed by atoms with Crippen LogP contribution in [0, 0.1) is 6.92 Å². The SMILES string of the molecule is CCCCCNC(=O)CSc1nnc(-c2ccc(C)cc2)n1C. The molecule has 0 spiro atoms. The molecule has 5 nitrogen and oxygen atoms in total. The first kappa shape index (κ1) is 17.5. The summed E-state index contributed by atoms with van der Waals surface area (Å²) in [7, 11) is 1.93. The largest absolute Gasteiger partial charge is 0.355 e. The number of hydrogen-bond donors (Lipinski definition) is 1. The molecule has 0 saturated heterocycles. The monoisotopic (exact) mass is 332 g/mol. The van der Waals surface area contributed by atoms with Gasteiger partial charge in [-0.3, -0.25) is 4.79 Å². The van der Waals surface area contributed by atoms with E-state index in [9.17, 15) is 4.79 Å². The molecule has 0 saturated carbocycles. The maximum absolute atomic E-state index is 11.8. The quantitative estimate of drug-likeness (QED) is 0.596. The molecule has 0 bridgehead atoms. The molecule has 1 heterocycles. The summed E-state index contributed by atoms with van der Waals surface area (Å²) in [4.78, 5) is 11.8. The van der Waals surface area contributed by atoms with Gasteiger partial charge >= 0.3 is 0 Å². The molecular weight excluding hydrogens is 308 g/mol. The van der Waals surface area contributed by atoms with Crippen LogP contribution in [0.2, 0.25) is 0 Å². The summed E-state index contributed by atoms with van der Waals surface area (Å²) in [6.07, 6.45) is 3.34. The van der Waals surface area contributed by atoms with Gasteiger partial charge in [0.1, 0.15) is 0 Å². The lowest BCUT2D eigenvalue weighted by Crippen LogP contribution is -2.26. The van der Waals surface area contributed by atoms with E-state index in [1.807, 2.05) is 23.7 Å². The van der Waals surface area contributed by atoms with Crippen molar-refractivity contribution >= 4 is 17.7 Å². The lowest BCUT2D eigenvalue weighted by molar-refractivity contribution is -0.118. The second-order valence-corrected chi connectivity index (χ2v) is 6.52. The van der Waals surface area contributed by atoms with E-state index in [-0.39, 0.29) is 5.91 Å². The average molecular weight is 332 g/mol. The van der Waals surface area contributed by atoms with Gasteiger partial charge in [-0.2, -0.15) is 0 Å². The van der Waals surface area contributed by atoms with E-state index >= 15 is 0 Å². The normalized spacial score (nSPS) is 10.7. The van der Waals surface area contributed by atoms with Crippen molar-refractivity contribution in [3.05, 3.63) is 29.8 Å². The van der Waals surface area contributed by atoms with Crippen LogP contribution in [0.1, 0.15) is 31.7 Å². The fourth-order valence-electron chi connectivity index (χ4n) is 2.18. The van der Waals surface area contributed by atoms with Gasteiger partial charge in [0.05, 0.1) is 5.75 Å². The number of aryl methyl sites for hydroxylation is 1. The maximum atomic E-state index is 11.8. The smallest absolute Gasteiger partial charge is 0.230 e. The van der Waals surface area contributed by atoms with Crippen molar-refractivity contribution < 1.29 is 4.79 Å². The molecule has 0 radical (unpaired) electrons. The van der Waals surface area contributed by atoms with Gasteiger partial charge in [0, 0.05) is 19.2 Å². The Kier molecular flexibility index (Phi) is 6.65. The maximum Gasteiger partial charge on any atom is 0.230 e. The van der Waals surface area contributed by atoms with E-state index in [0.717, 1.165) is 42.4 Å². The molecule has 0 aliphatic heterocycles. The van der Waals surface area contributed by atoms with Gasteiger partial charge in [-0.1, -0.05) is 61.4 Å². The number of unbranched alkanes of at least 4 members (excludes halogenated alkanes) is 2. The van der Waals surface area contributed by atoms with Gasteiger partial charge in [0.25, 0.3) is 0 Å². The zero-order valence-corrected chi connectivity index (χ0v) is 14.8. The molecule has 1 aromatic carbocycles. The van der Waals surface area contributed by atoms with Crippen molar-refractivity contribution in [2.45, 2.75) is 38.3 Å². The van der Waals surface area contributed by atoms with E-state index in [4.69, 9.17) is 0 Å². The van der Waals surface area contributed by atoms with Crippen LogP contribution in [-0.2, 0) is 11.8 Å². The van der Waals surface area contributed by atoms with Crippen molar-refractivity contribution in [1.29, 1.82) is 0 Å². The number of nitrogens with one attached hydrogen (secondary N) is 1. The van der Waals surface area contributed by atoms with E-state index in [0.29, 0.717) is 5.75 Å². The standard InChI is InChI=1S/C17H24N4OS/c1-4-5-6-11-18-15(22)12-23-17-20-19-16(21(17)3)14-9-7-13(2)8-10-14/h7-10H,4-6,11-12H2,1-3H3,(H,18,22). The second kappa shape index (κ2) is 8.72. The molecule has 23 heavy (non-hydrogen) atoms. The predicted molar refractivity (Wildman–Crippen MR) is 94.4 cm³/mol. The lowest BCUT2D eigenvalue weighted by atomic mass is 10.1. The van der Waals surface area contributed by atoms with Gasteiger partial charge in [0.2, 0.25) is 5.91 Å². The van der Waals surface area contributed by atoms with E-state index in [1.54, 1.807) is 0 Å². The number of carbonyl (C=O) groups is 1. The van der Waals surface area contributed by atoms with Gasteiger partial charge in [-0.15, -0.1) is 10.2 Å². The minimum absolute atomic E-state index is 0.0472. The van der Waals surface area contributed by atoms with Crippen LogP contribution in [0.4, 0.5) is 0 Å². The Hall–Kier alpha value is -1.82. The highest BCUT2D eigenvalue weighted by molar-refractivity contribution is 7.99. The number of rotatable bonds is 8. The summed E-state index contributed by atoms with van der Waals surface area (Å²) in [6.45, 7) is 4.96. The van der Waals surface area contributed by atoms with Crippen molar-refractivity contribution in [3.63, 3.8) is 0 Å². The Morgan fingerprint density at radius 3 is 2.65 bits per heavy atom. The van der Waals surface area contributed by atoms with Crippen molar-refractivity contribution in [2.24, 2.45) is 7.05 Å². The summed E-state index contributed by atoms with van der Waals surface area (Å²) >= 11 is 1.41. The van der Waals surface area contributed by atoms with Crippen molar-refractivity contribution in [1.82, 2.24) is 20.1 Å². The molecule has 2 rings (SSSR count). The first-order valence-corrected chi connectivity index (χ1v) is 8.96. The summed E-state index contributed by atoms with van der Waals surface area (Å²) in [6, 6.07) is 8.18. The zero-order chi connectivity index (χ0) is 16.7. The Balaban J connectivity index is 1.89. The fourth-order valence-corrected chi connectivity index (χ4v) is 2.92. The fraction of sp³-hybridized carbons (Fsp3) is 0.471. The third-order valence-electron chi connectivity index (χ3n) is 3.58. The number of thioether (sulfide) groups is 1. The molecule has 0 aliphatic rings. The Labute approximate surface area is 141 Å². The van der Waals surface area contributed by atoms with Gasteiger partial charge < -0.3 is 9.88 Å². The zero-order valence-electron chi connectivity index (χ0n) is 14.0. The topological polar surface area (TPSA) is 59.8 Å². The predicted octanol–water partition coefficient (Wildman–Crippen LogP) is 3.19. The first-order chi connectivity index (χ1) is 11.1. The number of nitrogens with zero attached hydrogens (tertiary/aromatic N) is 3. The van der Waals surface area contributed by atoms with Crippen molar-refractivity contribution in [2.75, 3.05) is 12.3 Å². The molecule has 1 aromatic heterocycles. The van der Waals surface area contributed by atoms with Crippen LogP contribution in [0.3, 0.4) is 0 Å². The Morgan fingerprint density at radius 2 is 1.96 bits per heavy atom. The molecule has 0 fully saturated rings. The van der Waals surface area contributed by atoms with Crippen LogP contribution in [0.25, 0.3) is 11.4 Å². The summed E-state index contributed by atoms with van der Waals surface area (Å²) in [5, 5.41) is 12.1. The first-order valence-electron chi connectivity index (χ1n) is 7.97.